The van der Waals surface area contributed by atoms with Gasteiger partial charge in [0.05, 0.1) is 11.6 Å². The van der Waals surface area contributed by atoms with E-state index in [1.807, 2.05) is 41.5 Å². The lowest BCUT2D eigenvalue weighted by atomic mass is 10.1. The standard InChI is InChI=1S/C20H24N4O2S/c1-16-15-27-20(26)24(16)10-7-19(25)23-9-2-8-22(11-12-23)14-18-5-3-17(13-21)4-6-18/h3-6,15H,2,7-12,14H2,1H3. The van der Waals surface area contributed by atoms with Crippen molar-refractivity contribution in [3.8, 4) is 6.07 Å². The Morgan fingerprint density at radius 2 is 1.96 bits per heavy atom. The fraction of sp³-hybridized carbons (Fsp3) is 0.450. The fourth-order valence-electron chi connectivity index (χ4n) is 3.36. The first-order valence-corrected chi connectivity index (χ1v) is 10.1. The Balaban J connectivity index is 1.50. The minimum atomic E-state index is 0.00441. The number of aromatic nitrogens is 1. The predicted molar refractivity (Wildman–Crippen MR) is 106 cm³/mol. The number of aryl methyl sites for hydroxylation is 1. The summed E-state index contributed by atoms with van der Waals surface area (Å²) in [6.07, 6.45) is 1.31. The smallest absolute Gasteiger partial charge is 0.307 e. The maximum Gasteiger partial charge on any atom is 0.307 e. The van der Waals surface area contributed by atoms with E-state index in [-0.39, 0.29) is 10.8 Å². The summed E-state index contributed by atoms with van der Waals surface area (Å²) in [7, 11) is 0. The molecule has 7 heteroatoms. The van der Waals surface area contributed by atoms with Gasteiger partial charge in [-0.2, -0.15) is 5.26 Å². The zero-order valence-electron chi connectivity index (χ0n) is 15.6. The first kappa shape index (κ1) is 19.3. The summed E-state index contributed by atoms with van der Waals surface area (Å²) < 4.78 is 1.68. The molecule has 0 unspecified atom stereocenters. The van der Waals surface area contributed by atoms with E-state index in [0.29, 0.717) is 25.1 Å². The third-order valence-corrected chi connectivity index (χ3v) is 5.84. The molecule has 1 aliphatic rings. The van der Waals surface area contributed by atoms with Crippen LogP contribution >= 0.6 is 11.3 Å². The van der Waals surface area contributed by atoms with E-state index in [1.165, 1.54) is 16.9 Å². The average molecular weight is 385 g/mol. The van der Waals surface area contributed by atoms with Crippen molar-refractivity contribution in [1.82, 2.24) is 14.4 Å². The quantitative estimate of drug-likeness (QED) is 0.793. The van der Waals surface area contributed by atoms with Gasteiger partial charge in [0, 0.05) is 56.8 Å². The Morgan fingerprint density at radius 1 is 1.19 bits per heavy atom. The van der Waals surface area contributed by atoms with Gasteiger partial charge in [0.2, 0.25) is 5.91 Å². The van der Waals surface area contributed by atoms with Crippen molar-refractivity contribution in [1.29, 1.82) is 5.26 Å². The second-order valence-electron chi connectivity index (χ2n) is 6.86. The zero-order valence-corrected chi connectivity index (χ0v) is 16.4. The minimum Gasteiger partial charge on any atom is -0.341 e. The van der Waals surface area contributed by atoms with Crippen molar-refractivity contribution in [3.63, 3.8) is 0 Å². The van der Waals surface area contributed by atoms with E-state index in [1.54, 1.807) is 4.57 Å². The van der Waals surface area contributed by atoms with Crippen molar-refractivity contribution < 1.29 is 4.79 Å². The summed E-state index contributed by atoms with van der Waals surface area (Å²) in [5.74, 6) is 0.118. The molecule has 0 N–H and O–H groups in total. The molecule has 0 bridgehead atoms. The van der Waals surface area contributed by atoms with Crippen molar-refractivity contribution in [3.05, 3.63) is 56.1 Å². The van der Waals surface area contributed by atoms with Crippen LogP contribution in [-0.2, 0) is 17.9 Å². The highest BCUT2D eigenvalue weighted by Crippen LogP contribution is 2.11. The molecule has 142 valence electrons. The molecular formula is C20H24N4O2S. The van der Waals surface area contributed by atoms with Crippen LogP contribution in [0.4, 0.5) is 0 Å². The Labute approximate surface area is 163 Å². The molecule has 3 rings (SSSR count). The third-order valence-electron chi connectivity index (χ3n) is 4.96. The fourth-order valence-corrected chi connectivity index (χ4v) is 4.12. The highest BCUT2D eigenvalue weighted by Gasteiger charge is 2.19. The van der Waals surface area contributed by atoms with Crippen LogP contribution in [0.15, 0.2) is 34.4 Å². The summed E-state index contributed by atoms with van der Waals surface area (Å²) in [4.78, 5) is 28.6. The van der Waals surface area contributed by atoms with Gasteiger partial charge in [-0.3, -0.25) is 14.5 Å². The van der Waals surface area contributed by atoms with Crippen LogP contribution in [0.3, 0.4) is 0 Å². The molecule has 0 saturated carbocycles. The predicted octanol–water partition coefficient (Wildman–Crippen LogP) is 2.21. The molecule has 1 aromatic heterocycles. The maximum absolute atomic E-state index is 12.6. The monoisotopic (exact) mass is 384 g/mol. The highest BCUT2D eigenvalue weighted by atomic mass is 32.1. The van der Waals surface area contributed by atoms with Gasteiger partial charge in [-0.15, -0.1) is 0 Å². The van der Waals surface area contributed by atoms with Gasteiger partial charge < -0.3 is 9.47 Å². The number of hydrogen-bond donors (Lipinski definition) is 0. The summed E-state index contributed by atoms with van der Waals surface area (Å²) in [5.41, 5.74) is 2.77. The second kappa shape index (κ2) is 8.98. The number of rotatable bonds is 5. The molecule has 2 aromatic rings. The first-order chi connectivity index (χ1) is 13.1. The lowest BCUT2D eigenvalue weighted by Gasteiger charge is -2.22. The first-order valence-electron chi connectivity index (χ1n) is 9.21. The van der Waals surface area contributed by atoms with E-state index in [0.717, 1.165) is 38.3 Å². The topological polar surface area (TPSA) is 69.3 Å². The molecular weight excluding hydrogens is 360 g/mol. The van der Waals surface area contributed by atoms with Gasteiger partial charge in [-0.1, -0.05) is 23.5 Å². The molecule has 1 aromatic carbocycles. The Bertz CT molecular complexity index is 879. The maximum atomic E-state index is 12.6. The van der Waals surface area contributed by atoms with Crippen LogP contribution in [0.2, 0.25) is 0 Å². The number of hydrogen-bond acceptors (Lipinski definition) is 5. The summed E-state index contributed by atoms with van der Waals surface area (Å²) in [6, 6.07) is 9.81. The lowest BCUT2D eigenvalue weighted by molar-refractivity contribution is -0.131. The second-order valence-corrected chi connectivity index (χ2v) is 7.68. The molecule has 1 amide bonds. The lowest BCUT2D eigenvalue weighted by Crippen LogP contribution is -2.35. The molecule has 27 heavy (non-hydrogen) atoms. The van der Waals surface area contributed by atoms with Gasteiger partial charge in [0.1, 0.15) is 0 Å². The van der Waals surface area contributed by atoms with Crippen molar-refractivity contribution in [2.45, 2.75) is 32.9 Å². The van der Waals surface area contributed by atoms with Gasteiger partial charge in [0.15, 0.2) is 0 Å². The van der Waals surface area contributed by atoms with Crippen molar-refractivity contribution in [2.75, 3.05) is 26.2 Å². The van der Waals surface area contributed by atoms with Crippen LogP contribution in [-0.4, -0.2) is 46.5 Å². The molecule has 1 fully saturated rings. The molecule has 1 aliphatic heterocycles. The van der Waals surface area contributed by atoms with E-state index in [4.69, 9.17) is 5.26 Å². The number of nitriles is 1. The third kappa shape index (κ3) is 5.06. The molecule has 0 aliphatic carbocycles. The summed E-state index contributed by atoms with van der Waals surface area (Å²) in [6.45, 7) is 6.45. The molecule has 0 spiro atoms. The van der Waals surface area contributed by atoms with Gasteiger partial charge >= 0.3 is 4.87 Å². The van der Waals surface area contributed by atoms with Crippen LogP contribution in [0.25, 0.3) is 0 Å². The molecule has 1 saturated heterocycles. The van der Waals surface area contributed by atoms with Crippen LogP contribution < -0.4 is 4.87 Å². The normalized spacial score (nSPS) is 15.3. The summed E-state index contributed by atoms with van der Waals surface area (Å²) >= 11 is 1.18. The highest BCUT2D eigenvalue weighted by molar-refractivity contribution is 7.07. The summed E-state index contributed by atoms with van der Waals surface area (Å²) in [5, 5.41) is 10.7. The number of amides is 1. The molecule has 6 nitrogen and oxygen atoms in total. The van der Waals surface area contributed by atoms with Crippen LogP contribution in [0.1, 0.15) is 29.7 Å². The SMILES string of the molecule is Cc1csc(=O)n1CCC(=O)N1CCCN(Cc2ccc(C#N)cc2)CC1. The Hall–Kier alpha value is -2.43. The average Bonchev–Trinajstić information content (AvgIpc) is 2.86. The van der Waals surface area contributed by atoms with Crippen molar-refractivity contribution in [2.24, 2.45) is 0 Å². The van der Waals surface area contributed by atoms with E-state index in [2.05, 4.69) is 11.0 Å². The Kier molecular flexibility index (Phi) is 6.43. The molecule has 0 radical (unpaired) electrons. The molecule has 0 atom stereocenters. The van der Waals surface area contributed by atoms with Gasteiger partial charge in [0.25, 0.3) is 0 Å². The van der Waals surface area contributed by atoms with Crippen LogP contribution in [0.5, 0.6) is 0 Å². The Morgan fingerprint density at radius 3 is 2.63 bits per heavy atom. The molecule has 2 heterocycles. The largest absolute Gasteiger partial charge is 0.341 e. The van der Waals surface area contributed by atoms with E-state index >= 15 is 0 Å². The number of benzene rings is 1. The van der Waals surface area contributed by atoms with E-state index < -0.39 is 0 Å². The van der Waals surface area contributed by atoms with Crippen molar-refractivity contribution >= 4 is 17.2 Å². The number of thiazole rings is 1. The zero-order chi connectivity index (χ0) is 19.2. The number of nitrogens with zero attached hydrogens (tertiary/aromatic N) is 4. The van der Waals surface area contributed by atoms with Crippen LogP contribution in [0, 0.1) is 18.3 Å². The van der Waals surface area contributed by atoms with Gasteiger partial charge in [-0.05, 0) is 31.0 Å². The van der Waals surface area contributed by atoms with Gasteiger partial charge in [-0.25, -0.2) is 0 Å². The minimum absolute atomic E-state index is 0.00441. The van der Waals surface area contributed by atoms with E-state index in [9.17, 15) is 9.59 Å². The number of carbonyl (C=O) groups is 1. The number of carbonyl (C=O) groups excluding carboxylic acids is 1.